The number of hydrogen-bond acceptors (Lipinski definition) is 3. The molecule has 5 nitrogen and oxygen atoms in total. The molecule has 2 unspecified atom stereocenters. The van der Waals surface area contributed by atoms with Crippen LogP contribution >= 0.6 is 11.6 Å². The fraction of sp³-hybridized carbons (Fsp3) is 0.435. The zero-order valence-corrected chi connectivity index (χ0v) is 18.7. The first-order valence-electron chi connectivity index (χ1n) is 10.5. The van der Waals surface area contributed by atoms with Gasteiger partial charge >= 0.3 is 0 Å². The third kappa shape index (κ3) is 4.27. The van der Waals surface area contributed by atoms with Crippen LogP contribution in [0.25, 0.3) is 0 Å². The summed E-state index contributed by atoms with van der Waals surface area (Å²) in [5.41, 5.74) is 2.50. The summed E-state index contributed by atoms with van der Waals surface area (Å²) in [6.45, 7) is 2.85. The van der Waals surface area contributed by atoms with Gasteiger partial charge in [-0.25, -0.2) is 8.42 Å². The lowest BCUT2D eigenvalue weighted by Gasteiger charge is -2.30. The third-order valence-electron chi connectivity index (χ3n) is 6.33. The molecular formula is C23H27ClN2O3S. The summed E-state index contributed by atoms with van der Waals surface area (Å²) < 4.78 is 28.1. The van der Waals surface area contributed by atoms with E-state index in [4.69, 9.17) is 11.6 Å². The zero-order chi connectivity index (χ0) is 21.3. The van der Waals surface area contributed by atoms with E-state index < -0.39 is 10.0 Å². The molecule has 1 amide bonds. The van der Waals surface area contributed by atoms with Gasteiger partial charge in [0.1, 0.15) is 4.90 Å². The van der Waals surface area contributed by atoms with Gasteiger partial charge in [0.2, 0.25) is 10.0 Å². The lowest BCUT2D eigenvalue weighted by Crippen LogP contribution is -2.41. The van der Waals surface area contributed by atoms with Crippen molar-refractivity contribution in [1.82, 2.24) is 9.62 Å². The van der Waals surface area contributed by atoms with Crippen molar-refractivity contribution in [3.05, 3.63) is 64.2 Å². The number of sulfonamides is 1. The SMILES string of the molecule is CC1CCCCC1NC(=O)c1ccc(Cl)c(S(=O)(=O)N2CCc3ccccc3C2)c1. The van der Waals surface area contributed by atoms with Gasteiger partial charge in [0, 0.05) is 24.7 Å². The van der Waals surface area contributed by atoms with Crippen molar-refractivity contribution in [1.29, 1.82) is 0 Å². The van der Waals surface area contributed by atoms with Crippen LogP contribution in [0.5, 0.6) is 0 Å². The predicted octanol–water partition coefficient (Wildman–Crippen LogP) is 4.40. The Morgan fingerprint density at radius 2 is 1.83 bits per heavy atom. The quantitative estimate of drug-likeness (QED) is 0.757. The van der Waals surface area contributed by atoms with Gasteiger partial charge in [0.05, 0.1) is 5.02 Å². The van der Waals surface area contributed by atoms with Crippen molar-refractivity contribution in [3.63, 3.8) is 0 Å². The number of carbonyl (C=O) groups excluding carboxylic acids is 1. The molecule has 2 atom stereocenters. The number of benzene rings is 2. The summed E-state index contributed by atoms with van der Waals surface area (Å²) in [6.07, 6.45) is 5.01. The largest absolute Gasteiger partial charge is 0.349 e. The Morgan fingerprint density at radius 1 is 1.10 bits per heavy atom. The highest BCUT2D eigenvalue weighted by atomic mass is 35.5. The lowest BCUT2D eigenvalue weighted by atomic mass is 9.86. The topological polar surface area (TPSA) is 66.5 Å². The van der Waals surface area contributed by atoms with Crippen molar-refractivity contribution in [2.75, 3.05) is 6.54 Å². The van der Waals surface area contributed by atoms with Crippen LogP contribution in [0, 0.1) is 5.92 Å². The molecule has 1 fully saturated rings. The maximum absolute atomic E-state index is 13.3. The molecule has 1 aliphatic carbocycles. The fourth-order valence-electron chi connectivity index (χ4n) is 4.44. The smallest absolute Gasteiger partial charge is 0.251 e. The van der Waals surface area contributed by atoms with Crippen LogP contribution in [0.4, 0.5) is 0 Å². The molecule has 0 spiro atoms. The molecule has 0 saturated heterocycles. The normalized spacial score (nSPS) is 22.3. The molecule has 2 aliphatic rings. The van der Waals surface area contributed by atoms with Gasteiger partial charge in [0.15, 0.2) is 0 Å². The molecular weight excluding hydrogens is 420 g/mol. The molecule has 30 heavy (non-hydrogen) atoms. The molecule has 0 radical (unpaired) electrons. The number of halogens is 1. The number of rotatable bonds is 4. The maximum Gasteiger partial charge on any atom is 0.251 e. The number of carbonyl (C=O) groups is 1. The summed E-state index contributed by atoms with van der Waals surface area (Å²) in [7, 11) is -3.81. The molecule has 1 saturated carbocycles. The molecule has 160 valence electrons. The van der Waals surface area contributed by atoms with Crippen molar-refractivity contribution in [2.45, 2.75) is 56.5 Å². The monoisotopic (exact) mass is 446 g/mol. The fourth-order valence-corrected chi connectivity index (χ4v) is 6.36. The lowest BCUT2D eigenvalue weighted by molar-refractivity contribution is 0.0910. The van der Waals surface area contributed by atoms with E-state index >= 15 is 0 Å². The molecule has 1 N–H and O–H groups in total. The van der Waals surface area contributed by atoms with Gasteiger partial charge in [-0.1, -0.05) is 55.6 Å². The number of fused-ring (bicyclic) bond motifs is 1. The number of nitrogens with one attached hydrogen (secondary N) is 1. The van der Waals surface area contributed by atoms with Crippen LogP contribution in [0.1, 0.15) is 54.1 Å². The molecule has 0 bridgehead atoms. The van der Waals surface area contributed by atoms with Crippen LogP contribution in [-0.2, 0) is 23.0 Å². The molecule has 4 rings (SSSR count). The second-order valence-electron chi connectivity index (χ2n) is 8.34. The maximum atomic E-state index is 13.3. The number of nitrogens with zero attached hydrogens (tertiary/aromatic N) is 1. The van der Waals surface area contributed by atoms with Crippen LogP contribution < -0.4 is 5.32 Å². The van der Waals surface area contributed by atoms with Crippen molar-refractivity contribution >= 4 is 27.5 Å². The van der Waals surface area contributed by atoms with E-state index in [2.05, 4.69) is 12.2 Å². The molecule has 0 aromatic heterocycles. The average molecular weight is 447 g/mol. The molecule has 2 aromatic carbocycles. The van der Waals surface area contributed by atoms with Crippen LogP contribution in [-0.4, -0.2) is 31.2 Å². The van der Waals surface area contributed by atoms with Crippen molar-refractivity contribution in [2.24, 2.45) is 5.92 Å². The summed E-state index contributed by atoms with van der Waals surface area (Å²) >= 11 is 6.28. The third-order valence-corrected chi connectivity index (χ3v) is 8.66. The van der Waals surface area contributed by atoms with Gasteiger partial charge in [-0.15, -0.1) is 0 Å². The molecule has 7 heteroatoms. The minimum atomic E-state index is -3.81. The predicted molar refractivity (Wildman–Crippen MR) is 118 cm³/mol. The minimum Gasteiger partial charge on any atom is -0.349 e. The highest BCUT2D eigenvalue weighted by Crippen LogP contribution is 2.30. The van der Waals surface area contributed by atoms with Gasteiger partial charge in [-0.3, -0.25) is 4.79 Å². The summed E-state index contributed by atoms with van der Waals surface area (Å²) in [5, 5.41) is 3.22. The van der Waals surface area contributed by atoms with Gasteiger partial charge < -0.3 is 5.32 Å². The summed E-state index contributed by atoms with van der Waals surface area (Å²) in [5.74, 6) is 0.178. The van der Waals surface area contributed by atoms with E-state index in [1.165, 1.54) is 28.4 Å². The minimum absolute atomic E-state index is 0.00658. The Balaban J connectivity index is 1.57. The van der Waals surface area contributed by atoms with E-state index in [-0.39, 0.29) is 21.9 Å². The van der Waals surface area contributed by atoms with E-state index in [0.717, 1.165) is 24.8 Å². The molecule has 2 aromatic rings. The Kier molecular flexibility index (Phi) is 6.19. The second-order valence-corrected chi connectivity index (χ2v) is 10.7. The first kappa shape index (κ1) is 21.3. The second kappa shape index (κ2) is 8.69. The van der Waals surface area contributed by atoms with Gasteiger partial charge in [-0.2, -0.15) is 4.31 Å². The van der Waals surface area contributed by atoms with Crippen molar-refractivity contribution in [3.8, 4) is 0 Å². The van der Waals surface area contributed by atoms with E-state index in [1.807, 2.05) is 24.3 Å². The Bertz CT molecular complexity index is 1050. The first-order chi connectivity index (χ1) is 14.4. The Labute approximate surface area is 183 Å². The molecule has 1 heterocycles. The Hall–Kier alpha value is -1.89. The average Bonchev–Trinajstić information content (AvgIpc) is 2.75. The number of hydrogen-bond donors (Lipinski definition) is 1. The highest BCUT2D eigenvalue weighted by molar-refractivity contribution is 7.89. The van der Waals surface area contributed by atoms with Crippen LogP contribution in [0.2, 0.25) is 5.02 Å². The van der Waals surface area contributed by atoms with E-state index in [0.29, 0.717) is 31.0 Å². The van der Waals surface area contributed by atoms with E-state index in [1.54, 1.807) is 6.07 Å². The van der Waals surface area contributed by atoms with E-state index in [9.17, 15) is 13.2 Å². The summed E-state index contributed by atoms with van der Waals surface area (Å²) in [6, 6.07) is 12.5. The highest BCUT2D eigenvalue weighted by Gasteiger charge is 2.31. The molecule has 1 aliphatic heterocycles. The van der Waals surface area contributed by atoms with Gasteiger partial charge in [0.25, 0.3) is 5.91 Å². The van der Waals surface area contributed by atoms with Crippen molar-refractivity contribution < 1.29 is 13.2 Å². The Morgan fingerprint density at radius 3 is 2.60 bits per heavy atom. The van der Waals surface area contributed by atoms with Gasteiger partial charge in [-0.05, 0) is 54.5 Å². The zero-order valence-electron chi connectivity index (χ0n) is 17.1. The summed E-state index contributed by atoms with van der Waals surface area (Å²) in [4.78, 5) is 12.8. The number of amides is 1. The van der Waals surface area contributed by atoms with Crippen LogP contribution in [0.3, 0.4) is 0 Å². The first-order valence-corrected chi connectivity index (χ1v) is 12.4. The standard InChI is InChI=1S/C23H27ClN2O3S/c1-16-6-2-5-9-21(16)25-23(27)18-10-11-20(24)22(14-18)30(28,29)26-13-12-17-7-3-4-8-19(17)15-26/h3-4,7-8,10-11,14,16,21H,2,5-6,9,12-13,15H2,1H3,(H,25,27). The van der Waals surface area contributed by atoms with Crippen LogP contribution in [0.15, 0.2) is 47.4 Å².